The molecule has 4 rings (SSSR count). The Balaban J connectivity index is 1.69. The van der Waals surface area contributed by atoms with Crippen LogP contribution in [0.5, 0.6) is 0 Å². The third kappa shape index (κ3) is 7.02. The number of carbonyl (C=O) groups excluding carboxylic acids is 5. The lowest BCUT2D eigenvalue weighted by atomic mass is 9.42. The maximum Gasteiger partial charge on any atom is 0.309 e. The summed E-state index contributed by atoms with van der Waals surface area (Å²) >= 11 is 0. The van der Waals surface area contributed by atoms with E-state index in [4.69, 9.17) is 9.47 Å². The standard InChI is InChI=1S/C39H60O10/c1-22(12-13-29(42)35(5,6)45)24-14-17-39(10)32-25(15-16-38(24,39)9)37(8)19-27(49-31(44)21-36(7,46)20-30(43)47-11)33(48-23(2)40)34(3,4)28(37)18-26(32)41/h22,24,27-28,33,45-46H,12-21H2,1-11H3/t22-,24-,27-,28+,33+,36-,37-,38-,39+/m1/s1. The van der Waals surface area contributed by atoms with Gasteiger partial charge in [-0.1, -0.05) is 47.1 Å². The van der Waals surface area contributed by atoms with Gasteiger partial charge in [-0.3, -0.25) is 24.0 Å². The fourth-order valence-corrected chi connectivity index (χ4v) is 10.7. The van der Waals surface area contributed by atoms with Crippen LogP contribution in [0, 0.1) is 39.4 Å². The van der Waals surface area contributed by atoms with E-state index in [2.05, 4.69) is 32.4 Å². The van der Waals surface area contributed by atoms with E-state index in [1.54, 1.807) is 0 Å². The summed E-state index contributed by atoms with van der Waals surface area (Å²) in [6.45, 7) is 18.6. The highest BCUT2D eigenvalue weighted by Gasteiger charge is 2.67. The first-order valence-corrected chi connectivity index (χ1v) is 18.0. The molecule has 10 nitrogen and oxygen atoms in total. The van der Waals surface area contributed by atoms with Gasteiger partial charge in [0.15, 0.2) is 11.6 Å². The molecule has 0 heterocycles. The van der Waals surface area contributed by atoms with Crippen molar-refractivity contribution in [2.24, 2.45) is 39.4 Å². The molecule has 4 aliphatic carbocycles. The van der Waals surface area contributed by atoms with Gasteiger partial charge >= 0.3 is 17.9 Å². The average Bonchev–Trinajstić information content (AvgIpc) is 3.24. The van der Waals surface area contributed by atoms with E-state index in [-0.39, 0.29) is 40.7 Å². The topological polar surface area (TPSA) is 154 Å². The molecule has 0 aromatic rings. The number of carbonyl (C=O) groups is 5. The average molecular weight is 689 g/mol. The minimum Gasteiger partial charge on any atom is -0.469 e. The monoisotopic (exact) mass is 688 g/mol. The summed E-state index contributed by atoms with van der Waals surface area (Å²) in [5, 5.41) is 21.0. The van der Waals surface area contributed by atoms with Crippen molar-refractivity contribution in [2.75, 3.05) is 7.11 Å². The SMILES string of the molecule is COC(=O)C[C@@](C)(O)CC(=O)O[C@@H]1C[C@]2(C)C3=C(C(=O)C[C@H]2C(C)(C)[C@H]1OC(C)=O)[C@]1(C)CC[C@H]([C@H](C)CCC(=O)C(C)(C)O)[C@@]1(C)CC3. The van der Waals surface area contributed by atoms with Gasteiger partial charge in [0, 0.05) is 36.2 Å². The van der Waals surface area contributed by atoms with Gasteiger partial charge in [0.2, 0.25) is 0 Å². The minimum atomic E-state index is -1.69. The van der Waals surface area contributed by atoms with E-state index in [1.807, 2.05) is 13.8 Å². The predicted octanol–water partition coefficient (Wildman–Crippen LogP) is 5.83. The summed E-state index contributed by atoms with van der Waals surface area (Å²) in [7, 11) is 1.21. The van der Waals surface area contributed by atoms with Crippen molar-refractivity contribution in [1.29, 1.82) is 0 Å². The van der Waals surface area contributed by atoms with Gasteiger partial charge in [-0.05, 0) is 87.9 Å². The molecule has 0 saturated heterocycles. The fraction of sp³-hybridized carbons (Fsp3) is 0.821. The molecule has 2 saturated carbocycles. The molecule has 276 valence electrons. The van der Waals surface area contributed by atoms with Crippen LogP contribution in [-0.4, -0.2) is 70.2 Å². The van der Waals surface area contributed by atoms with E-state index < -0.39 is 58.6 Å². The first kappa shape index (κ1) is 39.2. The number of Topliss-reactive ketones (excluding diaryl/α,β-unsaturated/α-hetero) is 2. The van der Waals surface area contributed by atoms with E-state index in [0.717, 1.165) is 36.8 Å². The van der Waals surface area contributed by atoms with Crippen LogP contribution in [0.3, 0.4) is 0 Å². The van der Waals surface area contributed by atoms with Crippen LogP contribution < -0.4 is 0 Å². The molecule has 0 aromatic heterocycles. The first-order chi connectivity index (χ1) is 22.3. The number of aliphatic hydroxyl groups is 2. The summed E-state index contributed by atoms with van der Waals surface area (Å²) < 4.78 is 16.6. The number of fused-ring (bicyclic) bond motifs is 4. The third-order valence-electron chi connectivity index (χ3n) is 13.6. The number of ketones is 2. The summed E-state index contributed by atoms with van der Waals surface area (Å²) in [5.74, 6) is -1.53. The molecule has 9 atom stereocenters. The molecule has 0 aromatic carbocycles. The lowest BCUT2D eigenvalue weighted by molar-refractivity contribution is -0.207. The maximum atomic E-state index is 14.5. The van der Waals surface area contributed by atoms with E-state index >= 15 is 0 Å². The van der Waals surface area contributed by atoms with Gasteiger partial charge in [0.1, 0.15) is 17.8 Å². The van der Waals surface area contributed by atoms with Gasteiger partial charge in [-0.15, -0.1) is 0 Å². The zero-order chi connectivity index (χ0) is 37.1. The summed E-state index contributed by atoms with van der Waals surface area (Å²) in [6.07, 6.45) is 2.55. The normalized spacial score (nSPS) is 35.7. The van der Waals surface area contributed by atoms with E-state index in [0.29, 0.717) is 31.6 Å². The Morgan fingerprint density at radius 2 is 1.57 bits per heavy atom. The second kappa shape index (κ2) is 13.2. The Bertz CT molecular complexity index is 1400. The van der Waals surface area contributed by atoms with Gasteiger partial charge in [0.05, 0.1) is 25.6 Å². The second-order valence-electron chi connectivity index (χ2n) is 17.9. The molecule has 0 bridgehead atoms. The Kier molecular flexibility index (Phi) is 10.5. The Morgan fingerprint density at radius 3 is 2.14 bits per heavy atom. The lowest BCUT2D eigenvalue weighted by Crippen LogP contribution is -2.62. The van der Waals surface area contributed by atoms with Crippen LogP contribution in [0.2, 0.25) is 0 Å². The number of hydrogen-bond donors (Lipinski definition) is 2. The Hall–Kier alpha value is -2.59. The predicted molar refractivity (Wildman–Crippen MR) is 182 cm³/mol. The molecule has 10 heteroatoms. The molecule has 0 amide bonds. The smallest absolute Gasteiger partial charge is 0.309 e. The fourth-order valence-electron chi connectivity index (χ4n) is 10.7. The summed E-state index contributed by atoms with van der Waals surface area (Å²) in [4.78, 5) is 64.7. The van der Waals surface area contributed by atoms with Crippen LogP contribution in [0.4, 0.5) is 0 Å². The van der Waals surface area contributed by atoms with E-state index in [1.165, 1.54) is 34.8 Å². The second-order valence-corrected chi connectivity index (χ2v) is 17.9. The number of hydrogen-bond acceptors (Lipinski definition) is 10. The third-order valence-corrected chi connectivity index (χ3v) is 13.6. The van der Waals surface area contributed by atoms with Crippen LogP contribution in [0.25, 0.3) is 0 Å². The highest BCUT2D eigenvalue weighted by atomic mass is 16.6. The van der Waals surface area contributed by atoms with Crippen LogP contribution >= 0.6 is 0 Å². The lowest BCUT2D eigenvalue weighted by Gasteiger charge is -2.62. The molecular weight excluding hydrogens is 628 g/mol. The van der Waals surface area contributed by atoms with Crippen LogP contribution in [0.1, 0.15) is 133 Å². The zero-order valence-electron chi connectivity index (χ0n) is 31.6. The Labute approximate surface area is 292 Å². The summed E-state index contributed by atoms with van der Waals surface area (Å²) in [5.41, 5.74) is -2.82. The zero-order valence-corrected chi connectivity index (χ0v) is 31.6. The molecule has 0 spiro atoms. The molecule has 49 heavy (non-hydrogen) atoms. The van der Waals surface area contributed by atoms with Crippen LogP contribution in [0.15, 0.2) is 11.1 Å². The van der Waals surface area contributed by atoms with Crippen molar-refractivity contribution in [3.63, 3.8) is 0 Å². The van der Waals surface area contributed by atoms with Crippen molar-refractivity contribution in [3.8, 4) is 0 Å². The molecule has 0 radical (unpaired) electrons. The summed E-state index contributed by atoms with van der Waals surface area (Å²) in [6, 6.07) is 0. The van der Waals surface area contributed by atoms with E-state index in [9.17, 15) is 34.2 Å². The van der Waals surface area contributed by atoms with Gasteiger partial charge in [-0.25, -0.2) is 0 Å². The van der Waals surface area contributed by atoms with Crippen molar-refractivity contribution in [3.05, 3.63) is 11.1 Å². The molecule has 2 N–H and O–H groups in total. The molecule has 4 aliphatic rings. The number of allylic oxidation sites excluding steroid dienone is 2. The highest BCUT2D eigenvalue weighted by Crippen LogP contribution is 2.72. The molecule has 2 fully saturated rings. The van der Waals surface area contributed by atoms with Crippen molar-refractivity contribution < 1.29 is 48.4 Å². The number of ether oxygens (including phenoxy) is 3. The van der Waals surface area contributed by atoms with Gasteiger partial charge in [-0.2, -0.15) is 0 Å². The molecular formula is C39H60O10. The van der Waals surface area contributed by atoms with Crippen LogP contribution in [-0.2, 0) is 38.2 Å². The van der Waals surface area contributed by atoms with Gasteiger partial charge in [0.25, 0.3) is 0 Å². The highest BCUT2D eigenvalue weighted by molar-refractivity contribution is 5.99. The van der Waals surface area contributed by atoms with Crippen molar-refractivity contribution in [1.82, 2.24) is 0 Å². The quantitative estimate of drug-likeness (QED) is 0.200. The minimum absolute atomic E-state index is 0.139. The molecule has 0 aliphatic heterocycles. The number of esters is 3. The van der Waals surface area contributed by atoms with Crippen molar-refractivity contribution >= 4 is 29.5 Å². The Morgan fingerprint density at radius 1 is 0.959 bits per heavy atom. The number of rotatable bonds is 11. The molecule has 0 unspecified atom stereocenters. The number of methoxy groups -OCH3 is 1. The largest absolute Gasteiger partial charge is 0.469 e. The maximum absolute atomic E-state index is 14.5. The first-order valence-electron chi connectivity index (χ1n) is 18.0. The van der Waals surface area contributed by atoms with Crippen molar-refractivity contribution in [2.45, 2.75) is 157 Å². The van der Waals surface area contributed by atoms with Gasteiger partial charge < -0.3 is 24.4 Å².